The van der Waals surface area contributed by atoms with Crippen LogP contribution in [0.4, 0.5) is 15.0 Å². The van der Waals surface area contributed by atoms with E-state index in [4.69, 9.17) is 9.47 Å². The second-order valence-corrected chi connectivity index (χ2v) is 10.6. The molecule has 180 valence electrons. The molecule has 0 unspecified atom stereocenters. The second kappa shape index (κ2) is 9.90. The predicted molar refractivity (Wildman–Crippen MR) is 122 cm³/mol. The number of halogens is 1. The van der Waals surface area contributed by atoms with E-state index in [0.717, 1.165) is 19.1 Å². The molecule has 1 aliphatic carbocycles. The van der Waals surface area contributed by atoms with E-state index in [2.05, 4.69) is 22.2 Å². The Morgan fingerprint density at radius 3 is 2.61 bits per heavy atom. The van der Waals surface area contributed by atoms with E-state index in [9.17, 15) is 17.6 Å². The van der Waals surface area contributed by atoms with Crippen molar-refractivity contribution in [3.05, 3.63) is 46.5 Å². The van der Waals surface area contributed by atoms with Gasteiger partial charge >= 0.3 is 6.09 Å². The van der Waals surface area contributed by atoms with Gasteiger partial charge in [-0.15, -0.1) is 0 Å². The average Bonchev–Trinajstić information content (AvgIpc) is 2.96. The zero-order chi connectivity index (χ0) is 24.2. The van der Waals surface area contributed by atoms with Crippen molar-refractivity contribution < 1.29 is 27.1 Å². The number of hydrogen-bond donors (Lipinski definition) is 1. The van der Waals surface area contributed by atoms with Crippen LogP contribution in [0.3, 0.4) is 0 Å². The summed E-state index contributed by atoms with van der Waals surface area (Å²) in [7, 11) is -2.04. The van der Waals surface area contributed by atoms with Gasteiger partial charge in [0.25, 0.3) is 0 Å². The van der Waals surface area contributed by atoms with Crippen LogP contribution in [0.2, 0.25) is 0 Å². The van der Waals surface area contributed by atoms with Crippen molar-refractivity contribution in [2.24, 2.45) is 5.41 Å². The molecule has 1 amide bonds. The number of anilines is 1. The Balaban J connectivity index is 1.69. The zero-order valence-corrected chi connectivity index (χ0v) is 20.0. The molecule has 1 aromatic rings. The van der Waals surface area contributed by atoms with Crippen LogP contribution in [-0.4, -0.2) is 62.4 Å². The summed E-state index contributed by atoms with van der Waals surface area (Å²) in [6, 6.07) is 0. The maximum absolute atomic E-state index is 14.5. The van der Waals surface area contributed by atoms with Gasteiger partial charge in [0.05, 0.1) is 25.0 Å². The van der Waals surface area contributed by atoms with Crippen molar-refractivity contribution in [2.75, 3.05) is 38.4 Å². The molecule has 0 saturated carbocycles. The Labute approximate surface area is 193 Å². The minimum Gasteiger partial charge on any atom is -0.477 e. The first kappa shape index (κ1) is 24.7. The van der Waals surface area contributed by atoms with Gasteiger partial charge in [-0.25, -0.2) is 27.6 Å². The van der Waals surface area contributed by atoms with Crippen molar-refractivity contribution in [2.45, 2.75) is 33.1 Å². The molecule has 1 fully saturated rings. The lowest BCUT2D eigenvalue weighted by molar-refractivity contribution is 0.0570. The molecular weight excluding hydrogens is 451 g/mol. The van der Waals surface area contributed by atoms with Gasteiger partial charge in [-0.05, 0) is 38.0 Å². The predicted octanol–water partition coefficient (Wildman–Crippen LogP) is 3.51. The Bertz CT molecular complexity index is 1110. The number of hydrogen-bond acceptors (Lipinski definition) is 8. The number of piperidine rings is 1. The van der Waals surface area contributed by atoms with Gasteiger partial charge in [0.15, 0.2) is 9.84 Å². The second-order valence-electron chi connectivity index (χ2n) is 8.58. The summed E-state index contributed by atoms with van der Waals surface area (Å²) in [5, 5.41) is 2.91. The third-order valence-electron chi connectivity index (χ3n) is 5.90. The Morgan fingerprint density at radius 2 is 1.97 bits per heavy atom. The van der Waals surface area contributed by atoms with Gasteiger partial charge in [0.2, 0.25) is 5.88 Å². The summed E-state index contributed by atoms with van der Waals surface area (Å²) >= 11 is 0. The minimum absolute atomic E-state index is 0.0184. The van der Waals surface area contributed by atoms with Gasteiger partial charge < -0.3 is 19.7 Å². The first-order valence-electron chi connectivity index (χ1n) is 10.5. The number of carbonyl (C=O) groups excluding carboxylic acids is 1. The quantitative estimate of drug-likeness (QED) is 0.659. The fraction of sp³-hybridized carbons (Fsp3) is 0.500. The summed E-state index contributed by atoms with van der Waals surface area (Å²) in [6.07, 6.45) is 7.57. The molecule has 0 atom stereocenters. The van der Waals surface area contributed by atoms with E-state index in [1.807, 2.05) is 0 Å². The molecule has 1 aliphatic heterocycles. The molecule has 0 aromatic carbocycles. The van der Waals surface area contributed by atoms with Crippen molar-refractivity contribution in [1.82, 2.24) is 14.9 Å². The SMILES string of the molecule is COC(=O)N1CCC(C)(COc2ncnc(NC3=CC=C(S(C)(=O)=O)CC=C3F)c2C)CC1. The maximum atomic E-state index is 14.5. The van der Waals surface area contributed by atoms with Gasteiger partial charge in [-0.1, -0.05) is 6.92 Å². The highest BCUT2D eigenvalue weighted by Gasteiger charge is 2.33. The van der Waals surface area contributed by atoms with Crippen molar-refractivity contribution >= 4 is 21.7 Å². The van der Waals surface area contributed by atoms with Crippen LogP contribution in [0.1, 0.15) is 31.7 Å². The molecular formula is C22H29FN4O5S. The number of methoxy groups -OCH3 is 1. The first-order chi connectivity index (χ1) is 15.5. The molecule has 1 aromatic heterocycles. The summed E-state index contributed by atoms with van der Waals surface area (Å²) in [4.78, 5) is 21.9. The van der Waals surface area contributed by atoms with Crippen LogP contribution < -0.4 is 10.1 Å². The maximum Gasteiger partial charge on any atom is 0.409 e. The van der Waals surface area contributed by atoms with Crippen molar-refractivity contribution in [1.29, 1.82) is 0 Å². The number of amides is 1. The summed E-state index contributed by atoms with van der Waals surface area (Å²) in [5.74, 6) is 0.155. The smallest absolute Gasteiger partial charge is 0.409 e. The number of ether oxygens (including phenoxy) is 2. The zero-order valence-electron chi connectivity index (χ0n) is 19.2. The number of allylic oxidation sites excluding steroid dienone is 5. The lowest BCUT2D eigenvalue weighted by Crippen LogP contribution is -2.44. The van der Waals surface area contributed by atoms with Crippen LogP contribution in [0.15, 0.2) is 41.0 Å². The van der Waals surface area contributed by atoms with Crippen LogP contribution in [-0.2, 0) is 14.6 Å². The summed E-state index contributed by atoms with van der Waals surface area (Å²) in [5.41, 5.74) is 0.558. The van der Waals surface area contributed by atoms with E-state index in [1.54, 1.807) is 11.8 Å². The monoisotopic (exact) mass is 480 g/mol. The fourth-order valence-electron chi connectivity index (χ4n) is 3.58. The van der Waals surface area contributed by atoms with Gasteiger partial charge in [-0.3, -0.25) is 0 Å². The number of likely N-dealkylation sites (tertiary alicyclic amines) is 1. The van der Waals surface area contributed by atoms with E-state index in [0.29, 0.717) is 37.0 Å². The lowest BCUT2D eigenvalue weighted by atomic mass is 9.81. The van der Waals surface area contributed by atoms with Crippen LogP contribution in [0.25, 0.3) is 0 Å². The molecule has 2 heterocycles. The van der Waals surface area contributed by atoms with Gasteiger partial charge in [-0.2, -0.15) is 0 Å². The van der Waals surface area contributed by atoms with E-state index >= 15 is 0 Å². The minimum atomic E-state index is -3.41. The van der Waals surface area contributed by atoms with Gasteiger partial charge in [0.1, 0.15) is 18.0 Å². The third-order valence-corrected chi connectivity index (χ3v) is 7.16. The Hall–Kier alpha value is -2.95. The van der Waals surface area contributed by atoms with Gasteiger partial charge in [0, 0.05) is 36.1 Å². The number of sulfone groups is 1. The topological polar surface area (TPSA) is 111 Å². The number of rotatable bonds is 6. The molecule has 33 heavy (non-hydrogen) atoms. The number of nitrogens with one attached hydrogen (secondary N) is 1. The third kappa shape index (κ3) is 6.10. The van der Waals surface area contributed by atoms with E-state index in [1.165, 1.54) is 31.7 Å². The normalized spacial score (nSPS) is 18.5. The van der Waals surface area contributed by atoms with Crippen molar-refractivity contribution in [3.63, 3.8) is 0 Å². The largest absolute Gasteiger partial charge is 0.477 e. The molecule has 0 bridgehead atoms. The van der Waals surface area contributed by atoms with Crippen LogP contribution in [0, 0.1) is 12.3 Å². The molecule has 9 nitrogen and oxygen atoms in total. The van der Waals surface area contributed by atoms with E-state index in [-0.39, 0.29) is 28.5 Å². The number of carbonyl (C=O) groups is 1. The molecule has 11 heteroatoms. The molecule has 1 N–H and O–H groups in total. The highest BCUT2D eigenvalue weighted by molar-refractivity contribution is 7.94. The molecule has 1 saturated heterocycles. The standard InChI is InChI=1S/C22H29FN4O5S/c1-15-19(26-18-8-6-16(33(4,29)30)5-7-17(18)23)24-14-25-20(15)32-13-22(2)9-11-27(12-10-22)21(28)31-3/h6-8,14H,5,9-13H2,1-4H3,(H,24,25,26). The van der Waals surface area contributed by atoms with Crippen LogP contribution >= 0.6 is 0 Å². The first-order valence-corrected chi connectivity index (χ1v) is 12.4. The van der Waals surface area contributed by atoms with E-state index < -0.39 is 15.7 Å². The highest BCUT2D eigenvalue weighted by atomic mass is 32.2. The highest BCUT2D eigenvalue weighted by Crippen LogP contribution is 2.33. The summed E-state index contributed by atoms with van der Waals surface area (Å²) in [6.45, 7) is 5.43. The molecule has 0 spiro atoms. The molecule has 0 radical (unpaired) electrons. The lowest BCUT2D eigenvalue weighted by Gasteiger charge is -2.38. The summed E-state index contributed by atoms with van der Waals surface area (Å²) < 4.78 is 48.9. The molecule has 2 aliphatic rings. The number of nitrogens with zero attached hydrogens (tertiary/aromatic N) is 3. The fourth-order valence-corrected chi connectivity index (χ4v) is 4.28. The number of aromatic nitrogens is 2. The molecule has 3 rings (SSSR count). The Kier molecular flexibility index (Phi) is 7.41. The van der Waals surface area contributed by atoms with Crippen molar-refractivity contribution in [3.8, 4) is 5.88 Å². The van der Waals surface area contributed by atoms with Crippen LogP contribution in [0.5, 0.6) is 5.88 Å². The average molecular weight is 481 g/mol. The Morgan fingerprint density at radius 1 is 1.27 bits per heavy atom.